The maximum Gasteiger partial charge on any atom is 0.408 e. The third-order valence-corrected chi connectivity index (χ3v) is 7.31. The number of nitrogens with one attached hydrogen (secondary N) is 2. The molecule has 0 bridgehead atoms. The number of alkyl carbamates (subject to hydrolysis) is 1. The summed E-state index contributed by atoms with van der Waals surface area (Å²) in [7, 11) is 0. The van der Waals surface area contributed by atoms with Crippen molar-refractivity contribution < 1.29 is 28.8 Å². The Hall–Kier alpha value is -4.25. The lowest BCUT2D eigenvalue weighted by molar-refractivity contribution is -0.172. The molecule has 2 aromatic rings. The van der Waals surface area contributed by atoms with Crippen LogP contribution in [0.2, 0.25) is 0 Å². The van der Waals surface area contributed by atoms with E-state index < -0.39 is 42.3 Å². The van der Waals surface area contributed by atoms with E-state index in [1.165, 1.54) is 11.2 Å². The first-order chi connectivity index (χ1) is 20.2. The van der Waals surface area contributed by atoms with Crippen LogP contribution in [-0.4, -0.2) is 64.8 Å². The molecule has 224 valence electrons. The van der Waals surface area contributed by atoms with Crippen LogP contribution in [0.1, 0.15) is 57.9 Å². The number of ether oxygens (including phenoxy) is 1. The fourth-order valence-electron chi connectivity index (χ4n) is 4.94. The highest BCUT2D eigenvalue weighted by molar-refractivity contribution is 5.96. The van der Waals surface area contributed by atoms with Gasteiger partial charge in [-0.1, -0.05) is 88.4 Å². The monoisotopic (exact) mass is 577 g/mol. The second kappa shape index (κ2) is 14.1. The number of likely N-dealkylation sites (tertiary alicyclic amines) is 1. The molecule has 1 saturated heterocycles. The molecule has 0 saturated carbocycles. The van der Waals surface area contributed by atoms with Gasteiger partial charge < -0.3 is 20.3 Å². The smallest absolute Gasteiger partial charge is 0.408 e. The number of hydrogen-bond donors (Lipinski definition) is 2. The van der Waals surface area contributed by atoms with Gasteiger partial charge in [0.15, 0.2) is 0 Å². The highest BCUT2D eigenvalue weighted by Crippen LogP contribution is 2.25. The van der Waals surface area contributed by atoms with Crippen LogP contribution in [0.15, 0.2) is 65.7 Å². The third-order valence-electron chi connectivity index (χ3n) is 7.31. The standard InChI is InChI=1S/C31H39N5O6/c1-20(2)25(34-31(40)41-18-22-12-7-5-8-13-22)29(38)35-17-11-16-24(35)27(37)33-26(21(3)4)30(39)36-19-32-28(42-36)23-14-9-6-10-15-23/h5-10,12-15,19-21,24-26,28H,11,16-18H2,1-4H3,(H,33,37)(H,34,40)/t24-,25-,26?,28?/m0/s1. The van der Waals surface area contributed by atoms with Gasteiger partial charge in [-0.2, -0.15) is 5.06 Å². The zero-order valence-corrected chi connectivity index (χ0v) is 24.4. The van der Waals surface area contributed by atoms with E-state index in [0.717, 1.165) is 16.2 Å². The molecule has 4 atom stereocenters. The van der Waals surface area contributed by atoms with Crippen molar-refractivity contribution in [3.8, 4) is 0 Å². The van der Waals surface area contributed by atoms with Crippen molar-refractivity contribution in [2.24, 2.45) is 16.8 Å². The second-order valence-electron chi connectivity index (χ2n) is 11.1. The Kier molecular flexibility index (Phi) is 10.3. The Balaban J connectivity index is 1.37. The predicted octanol–water partition coefficient (Wildman–Crippen LogP) is 3.57. The lowest BCUT2D eigenvalue weighted by Crippen LogP contribution is -2.58. The van der Waals surface area contributed by atoms with Gasteiger partial charge in [-0.25, -0.2) is 14.6 Å². The van der Waals surface area contributed by atoms with E-state index in [2.05, 4.69) is 15.6 Å². The molecule has 0 spiro atoms. The molecule has 42 heavy (non-hydrogen) atoms. The molecule has 2 unspecified atom stereocenters. The van der Waals surface area contributed by atoms with Crippen LogP contribution in [-0.2, 0) is 30.6 Å². The van der Waals surface area contributed by atoms with Gasteiger partial charge in [0.1, 0.15) is 31.1 Å². The van der Waals surface area contributed by atoms with Gasteiger partial charge in [0.05, 0.1) is 0 Å². The van der Waals surface area contributed by atoms with Crippen LogP contribution in [0, 0.1) is 11.8 Å². The second-order valence-corrected chi connectivity index (χ2v) is 11.1. The van der Waals surface area contributed by atoms with Gasteiger partial charge in [-0.15, -0.1) is 0 Å². The minimum Gasteiger partial charge on any atom is -0.445 e. The lowest BCUT2D eigenvalue weighted by Gasteiger charge is -2.32. The van der Waals surface area contributed by atoms with E-state index in [1.807, 2.05) is 88.4 Å². The van der Waals surface area contributed by atoms with Crippen molar-refractivity contribution in [1.82, 2.24) is 20.6 Å². The molecular formula is C31H39N5O6. The van der Waals surface area contributed by atoms with Crippen LogP contribution < -0.4 is 10.6 Å². The summed E-state index contributed by atoms with van der Waals surface area (Å²) in [6, 6.07) is 16.0. The molecule has 2 N–H and O–H groups in total. The van der Waals surface area contributed by atoms with Crippen molar-refractivity contribution >= 4 is 30.2 Å². The summed E-state index contributed by atoms with van der Waals surface area (Å²) in [4.78, 5) is 64.5. The summed E-state index contributed by atoms with van der Waals surface area (Å²) in [5.41, 5.74) is 1.62. The zero-order chi connectivity index (χ0) is 30.2. The van der Waals surface area contributed by atoms with Crippen molar-refractivity contribution in [1.29, 1.82) is 0 Å². The Morgan fingerprint density at radius 3 is 2.17 bits per heavy atom. The van der Waals surface area contributed by atoms with E-state index >= 15 is 0 Å². The molecule has 2 aromatic carbocycles. The third kappa shape index (κ3) is 7.52. The van der Waals surface area contributed by atoms with Gasteiger partial charge in [0.2, 0.25) is 18.0 Å². The minimum absolute atomic E-state index is 0.0720. The number of carbonyl (C=O) groups excluding carboxylic acids is 4. The Morgan fingerprint density at radius 1 is 0.905 bits per heavy atom. The lowest BCUT2D eigenvalue weighted by atomic mass is 10.0. The number of nitrogens with zero attached hydrogens (tertiary/aromatic N) is 3. The number of benzene rings is 2. The topological polar surface area (TPSA) is 130 Å². The van der Waals surface area contributed by atoms with Crippen molar-refractivity contribution in [2.75, 3.05) is 6.54 Å². The summed E-state index contributed by atoms with van der Waals surface area (Å²) >= 11 is 0. The summed E-state index contributed by atoms with van der Waals surface area (Å²) < 4.78 is 5.32. The van der Waals surface area contributed by atoms with Crippen molar-refractivity contribution in [2.45, 2.75) is 71.5 Å². The van der Waals surface area contributed by atoms with Crippen LogP contribution in [0.4, 0.5) is 4.79 Å². The first kappa shape index (κ1) is 30.7. The van der Waals surface area contributed by atoms with E-state index in [-0.39, 0.29) is 24.3 Å². The van der Waals surface area contributed by atoms with Crippen LogP contribution in [0.3, 0.4) is 0 Å². The van der Waals surface area contributed by atoms with Crippen LogP contribution >= 0.6 is 0 Å². The molecule has 1 fully saturated rings. The van der Waals surface area contributed by atoms with Crippen LogP contribution in [0.5, 0.6) is 0 Å². The van der Waals surface area contributed by atoms with E-state index in [9.17, 15) is 19.2 Å². The van der Waals surface area contributed by atoms with Gasteiger partial charge in [-0.3, -0.25) is 14.4 Å². The molecule has 4 rings (SSSR count). The fourth-order valence-corrected chi connectivity index (χ4v) is 4.94. The Morgan fingerprint density at radius 2 is 1.52 bits per heavy atom. The molecule has 11 heteroatoms. The summed E-state index contributed by atoms with van der Waals surface area (Å²) in [5, 5.41) is 6.58. The highest BCUT2D eigenvalue weighted by atomic mass is 16.7. The molecular weight excluding hydrogens is 538 g/mol. The number of carbonyl (C=O) groups is 4. The summed E-state index contributed by atoms with van der Waals surface area (Å²) in [5.74, 6) is -1.77. The Labute approximate surface area is 246 Å². The number of rotatable bonds is 10. The highest BCUT2D eigenvalue weighted by Gasteiger charge is 2.41. The van der Waals surface area contributed by atoms with Gasteiger partial charge >= 0.3 is 6.09 Å². The Bertz CT molecular complexity index is 1270. The quantitative estimate of drug-likeness (QED) is 0.444. The SMILES string of the molecule is CC(C)C(NC(=O)[C@@H]1CCCN1C(=O)[C@@H](NC(=O)OCc1ccccc1)C(C)C)C(=O)N1C=NC(c2ccccc2)O1. The largest absolute Gasteiger partial charge is 0.445 e. The van der Waals surface area contributed by atoms with Crippen molar-refractivity contribution in [3.05, 3.63) is 71.8 Å². The summed E-state index contributed by atoms with van der Waals surface area (Å²) in [6.45, 7) is 7.71. The molecule has 4 amide bonds. The van der Waals surface area contributed by atoms with E-state index in [1.54, 1.807) is 0 Å². The molecule has 2 aliphatic rings. The number of hydrogen-bond acceptors (Lipinski definition) is 7. The average molecular weight is 578 g/mol. The number of hydroxylamine groups is 2. The first-order valence-corrected chi connectivity index (χ1v) is 14.3. The predicted molar refractivity (Wildman–Crippen MR) is 155 cm³/mol. The maximum atomic E-state index is 13.6. The molecule has 2 aliphatic heterocycles. The first-order valence-electron chi connectivity index (χ1n) is 14.3. The molecule has 0 aromatic heterocycles. The van der Waals surface area contributed by atoms with Gasteiger partial charge in [0, 0.05) is 12.1 Å². The molecule has 2 heterocycles. The normalized spacial score (nSPS) is 19.6. The maximum absolute atomic E-state index is 13.6. The van der Waals surface area contributed by atoms with Crippen molar-refractivity contribution in [3.63, 3.8) is 0 Å². The molecule has 0 aliphatic carbocycles. The summed E-state index contributed by atoms with van der Waals surface area (Å²) in [6.07, 6.45) is 1.02. The van der Waals surface area contributed by atoms with E-state index in [0.29, 0.717) is 19.4 Å². The van der Waals surface area contributed by atoms with E-state index in [4.69, 9.17) is 9.57 Å². The number of amides is 4. The average Bonchev–Trinajstić information content (AvgIpc) is 3.68. The fraction of sp³-hybridized carbons (Fsp3) is 0.452. The minimum atomic E-state index is -0.900. The molecule has 0 radical (unpaired) electrons. The number of aliphatic imine (C=N–C) groups is 1. The zero-order valence-electron chi connectivity index (χ0n) is 24.4. The van der Waals surface area contributed by atoms with Crippen LogP contribution in [0.25, 0.3) is 0 Å². The van der Waals surface area contributed by atoms with Gasteiger partial charge in [0.25, 0.3) is 5.91 Å². The molecule has 11 nitrogen and oxygen atoms in total. The van der Waals surface area contributed by atoms with Gasteiger partial charge in [-0.05, 0) is 30.2 Å².